The van der Waals surface area contributed by atoms with Crippen molar-refractivity contribution in [2.24, 2.45) is 0 Å². The van der Waals surface area contributed by atoms with E-state index in [4.69, 9.17) is 11.6 Å². The first-order valence-electron chi connectivity index (χ1n) is 6.10. The molecule has 1 unspecified atom stereocenters. The Morgan fingerprint density at radius 1 is 1.33 bits per heavy atom. The first-order chi connectivity index (χ1) is 8.86. The highest BCUT2D eigenvalue weighted by atomic mass is 35.5. The van der Waals surface area contributed by atoms with Crippen LogP contribution in [0.25, 0.3) is 5.69 Å². The Hall–Kier alpha value is -1.46. The van der Waals surface area contributed by atoms with E-state index in [1.54, 1.807) is 4.68 Å². The summed E-state index contributed by atoms with van der Waals surface area (Å²) in [5, 5.41) is 16.1. The quantitative estimate of drug-likeness (QED) is 0.897. The smallest absolute Gasteiger partial charge is 0.161 e. The fraction of sp³-hybridized carbons (Fsp3) is 0.417. The van der Waals surface area contributed by atoms with Crippen LogP contribution >= 0.6 is 11.6 Å². The van der Waals surface area contributed by atoms with Crippen molar-refractivity contribution < 1.29 is 0 Å². The number of nitrogens with one attached hydrogen (secondary N) is 1. The molecule has 18 heavy (non-hydrogen) atoms. The Kier molecular flexibility index (Phi) is 3.25. The van der Waals surface area contributed by atoms with Crippen molar-refractivity contribution in [2.75, 3.05) is 13.1 Å². The predicted octanol–water partition coefficient (Wildman–Crippen LogP) is 1.78. The third kappa shape index (κ3) is 2.11. The van der Waals surface area contributed by atoms with Gasteiger partial charge in [-0.3, -0.25) is 0 Å². The number of halogens is 1. The summed E-state index contributed by atoms with van der Waals surface area (Å²) in [5.74, 6) is 1.24. The van der Waals surface area contributed by atoms with Crippen molar-refractivity contribution in [3.8, 4) is 5.69 Å². The summed E-state index contributed by atoms with van der Waals surface area (Å²) in [6.07, 6.45) is 2.26. The summed E-state index contributed by atoms with van der Waals surface area (Å²) in [6, 6.07) is 7.61. The normalized spacial score (nSPS) is 19.9. The molecule has 3 rings (SSSR count). The Morgan fingerprint density at radius 2 is 2.22 bits per heavy atom. The molecule has 1 aliphatic rings. The number of benzene rings is 1. The van der Waals surface area contributed by atoms with E-state index in [1.807, 2.05) is 24.3 Å². The fourth-order valence-electron chi connectivity index (χ4n) is 2.32. The second kappa shape index (κ2) is 5.04. The van der Waals surface area contributed by atoms with Crippen molar-refractivity contribution in [2.45, 2.75) is 18.8 Å². The van der Waals surface area contributed by atoms with Gasteiger partial charge in [-0.15, -0.1) is 5.10 Å². The largest absolute Gasteiger partial charge is 0.316 e. The number of aromatic nitrogens is 4. The first kappa shape index (κ1) is 11.6. The molecule has 0 aliphatic carbocycles. The first-order valence-corrected chi connectivity index (χ1v) is 6.48. The van der Waals surface area contributed by atoms with Gasteiger partial charge in [0.1, 0.15) is 0 Å². The van der Waals surface area contributed by atoms with Crippen LogP contribution < -0.4 is 5.32 Å². The monoisotopic (exact) mass is 263 g/mol. The standard InChI is InChI=1S/C12H14ClN5/c13-10-5-1-2-6-11(10)18-12(15-16-17-18)9-4-3-7-14-8-9/h1-2,5-6,9,14H,3-4,7-8H2. The molecule has 94 valence electrons. The Balaban J connectivity index is 1.98. The zero-order valence-corrected chi connectivity index (χ0v) is 10.6. The highest BCUT2D eigenvalue weighted by Crippen LogP contribution is 2.25. The van der Waals surface area contributed by atoms with Crippen molar-refractivity contribution >= 4 is 11.6 Å². The van der Waals surface area contributed by atoms with Crippen LogP contribution in [-0.4, -0.2) is 33.3 Å². The highest BCUT2D eigenvalue weighted by Gasteiger charge is 2.22. The molecule has 2 heterocycles. The van der Waals surface area contributed by atoms with Gasteiger partial charge in [0.05, 0.1) is 10.7 Å². The Labute approximate surface area is 110 Å². The maximum atomic E-state index is 6.19. The van der Waals surface area contributed by atoms with Crippen LogP contribution in [0, 0.1) is 0 Å². The zero-order chi connectivity index (χ0) is 12.4. The molecule has 0 saturated carbocycles. The number of para-hydroxylation sites is 1. The van der Waals surface area contributed by atoms with Gasteiger partial charge in [-0.25, -0.2) is 0 Å². The summed E-state index contributed by atoms with van der Waals surface area (Å²) in [7, 11) is 0. The van der Waals surface area contributed by atoms with E-state index in [2.05, 4.69) is 20.8 Å². The molecule has 2 aromatic rings. The molecule has 1 saturated heterocycles. The van der Waals surface area contributed by atoms with Crippen LogP contribution in [-0.2, 0) is 0 Å². The molecule has 1 aromatic heterocycles. The molecule has 1 aromatic carbocycles. The van der Waals surface area contributed by atoms with Crippen molar-refractivity contribution in [1.82, 2.24) is 25.5 Å². The van der Waals surface area contributed by atoms with Crippen LogP contribution in [0.2, 0.25) is 5.02 Å². The number of hydrogen-bond donors (Lipinski definition) is 1. The minimum absolute atomic E-state index is 0.352. The minimum atomic E-state index is 0.352. The maximum Gasteiger partial charge on any atom is 0.161 e. The lowest BCUT2D eigenvalue weighted by Crippen LogP contribution is -2.30. The Bertz CT molecular complexity index is 533. The molecular weight excluding hydrogens is 250 g/mol. The molecule has 1 fully saturated rings. The lowest BCUT2D eigenvalue weighted by molar-refractivity contribution is 0.440. The van der Waals surface area contributed by atoms with Gasteiger partial charge in [-0.05, 0) is 41.9 Å². The van der Waals surface area contributed by atoms with Crippen LogP contribution in [0.15, 0.2) is 24.3 Å². The van der Waals surface area contributed by atoms with Gasteiger partial charge in [0.2, 0.25) is 0 Å². The van der Waals surface area contributed by atoms with E-state index in [9.17, 15) is 0 Å². The SMILES string of the molecule is Clc1ccccc1-n1nnnc1C1CCCNC1. The van der Waals surface area contributed by atoms with Gasteiger partial charge >= 0.3 is 0 Å². The summed E-state index contributed by atoms with van der Waals surface area (Å²) in [4.78, 5) is 0. The van der Waals surface area contributed by atoms with Gasteiger partial charge < -0.3 is 5.32 Å². The molecule has 1 atom stereocenters. The minimum Gasteiger partial charge on any atom is -0.316 e. The fourth-order valence-corrected chi connectivity index (χ4v) is 2.53. The summed E-state index contributed by atoms with van der Waals surface area (Å²) >= 11 is 6.19. The van der Waals surface area contributed by atoms with Gasteiger partial charge in [-0.1, -0.05) is 23.7 Å². The van der Waals surface area contributed by atoms with E-state index in [0.29, 0.717) is 10.9 Å². The van der Waals surface area contributed by atoms with Crippen molar-refractivity contribution in [3.63, 3.8) is 0 Å². The number of nitrogens with zero attached hydrogens (tertiary/aromatic N) is 4. The maximum absolute atomic E-state index is 6.19. The lowest BCUT2D eigenvalue weighted by Gasteiger charge is -2.21. The van der Waals surface area contributed by atoms with Gasteiger partial charge in [0, 0.05) is 12.5 Å². The lowest BCUT2D eigenvalue weighted by atomic mass is 9.99. The van der Waals surface area contributed by atoms with Crippen LogP contribution in [0.1, 0.15) is 24.6 Å². The average Bonchev–Trinajstić information content (AvgIpc) is 2.89. The molecule has 0 amide bonds. The topological polar surface area (TPSA) is 55.6 Å². The van der Waals surface area contributed by atoms with E-state index in [-0.39, 0.29) is 0 Å². The third-order valence-electron chi connectivity index (χ3n) is 3.24. The zero-order valence-electron chi connectivity index (χ0n) is 9.88. The van der Waals surface area contributed by atoms with Crippen LogP contribution in [0.3, 0.4) is 0 Å². The van der Waals surface area contributed by atoms with Crippen LogP contribution in [0.4, 0.5) is 0 Å². The summed E-state index contributed by atoms with van der Waals surface area (Å²) < 4.78 is 1.75. The van der Waals surface area contributed by atoms with Crippen LogP contribution in [0.5, 0.6) is 0 Å². The highest BCUT2D eigenvalue weighted by molar-refractivity contribution is 6.32. The molecule has 6 heteroatoms. The van der Waals surface area contributed by atoms with Crippen molar-refractivity contribution in [3.05, 3.63) is 35.1 Å². The summed E-state index contributed by atoms with van der Waals surface area (Å²) in [6.45, 7) is 2.00. The van der Waals surface area contributed by atoms with E-state index in [0.717, 1.165) is 37.4 Å². The van der Waals surface area contributed by atoms with E-state index >= 15 is 0 Å². The predicted molar refractivity (Wildman–Crippen MR) is 69.0 cm³/mol. The summed E-state index contributed by atoms with van der Waals surface area (Å²) in [5.41, 5.74) is 0.838. The Morgan fingerprint density at radius 3 is 3.00 bits per heavy atom. The molecule has 1 aliphatic heterocycles. The van der Waals surface area contributed by atoms with Gasteiger partial charge in [-0.2, -0.15) is 4.68 Å². The number of rotatable bonds is 2. The molecule has 5 nitrogen and oxygen atoms in total. The van der Waals surface area contributed by atoms with Gasteiger partial charge in [0.25, 0.3) is 0 Å². The van der Waals surface area contributed by atoms with E-state index in [1.165, 1.54) is 0 Å². The number of piperidine rings is 1. The third-order valence-corrected chi connectivity index (χ3v) is 3.56. The molecule has 0 spiro atoms. The molecule has 0 radical (unpaired) electrons. The second-order valence-electron chi connectivity index (χ2n) is 4.44. The van der Waals surface area contributed by atoms with Gasteiger partial charge in [0.15, 0.2) is 5.82 Å². The average molecular weight is 264 g/mol. The molecule has 0 bridgehead atoms. The second-order valence-corrected chi connectivity index (χ2v) is 4.85. The molecular formula is C12H14ClN5. The van der Waals surface area contributed by atoms with E-state index < -0.39 is 0 Å². The number of hydrogen-bond acceptors (Lipinski definition) is 4. The number of tetrazole rings is 1. The van der Waals surface area contributed by atoms with Crippen molar-refractivity contribution in [1.29, 1.82) is 0 Å². The molecule has 1 N–H and O–H groups in total.